The molecular weight excluding hydrogens is 375 g/mol. The van der Waals surface area contributed by atoms with Crippen molar-refractivity contribution in [3.8, 4) is 0 Å². The molecule has 19 heavy (non-hydrogen) atoms. The molecule has 1 saturated heterocycles. The Morgan fingerprint density at radius 3 is 2.32 bits per heavy atom. The second kappa shape index (κ2) is 5.37. The molecule has 1 rings (SSSR count). The third-order valence-electron chi connectivity index (χ3n) is 2.47. The van der Waals surface area contributed by atoms with Gasteiger partial charge in [-0.3, -0.25) is 4.90 Å². The Morgan fingerprint density at radius 2 is 1.89 bits per heavy atom. The van der Waals surface area contributed by atoms with Gasteiger partial charge in [0.05, 0.1) is 7.11 Å². The maximum atomic E-state index is 13.7. The highest BCUT2D eigenvalue weighted by Crippen LogP contribution is 2.42. The minimum Gasteiger partial charge on any atom is -0.467 e. The summed E-state index contributed by atoms with van der Waals surface area (Å²) in [7, 11) is 1.09. The highest BCUT2D eigenvalue weighted by atomic mass is 127. The van der Waals surface area contributed by atoms with Crippen molar-refractivity contribution < 1.29 is 27.8 Å². The van der Waals surface area contributed by atoms with Crippen LogP contribution < -0.4 is 0 Å². The standard InChI is InChI=1S/C11H16F2INO4/c1-10(2,3)19-9(17)15-6(7(16)18-4)5-11(12,13)8(15)14/h6,8H,5H2,1-4H3/t6?,8-/m1/s1. The Bertz CT molecular complexity index is 383. The number of methoxy groups -OCH3 is 1. The van der Waals surface area contributed by atoms with Gasteiger partial charge < -0.3 is 9.47 Å². The average molecular weight is 391 g/mol. The van der Waals surface area contributed by atoms with Crippen LogP contribution in [0.2, 0.25) is 0 Å². The summed E-state index contributed by atoms with van der Waals surface area (Å²) in [6, 6.07) is -1.32. The van der Waals surface area contributed by atoms with Crippen molar-refractivity contribution in [3.05, 3.63) is 0 Å². The van der Waals surface area contributed by atoms with Crippen molar-refractivity contribution in [3.63, 3.8) is 0 Å². The molecule has 1 heterocycles. The van der Waals surface area contributed by atoms with Crippen LogP contribution in [0.4, 0.5) is 13.6 Å². The molecule has 1 fully saturated rings. The number of hydrogen-bond donors (Lipinski definition) is 0. The molecule has 0 spiro atoms. The second-order valence-corrected chi connectivity index (χ2v) is 6.41. The minimum absolute atomic E-state index is 0.748. The number of alkyl halides is 3. The summed E-state index contributed by atoms with van der Waals surface area (Å²) in [5.74, 6) is -4.03. The number of hydrogen-bond acceptors (Lipinski definition) is 4. The quantitative estimate of drug-likeness (QED) is 0.299. The predicted molar refractivity (Wildman–Crippen MR) is 71.2 cm³/mol. The van der Waals surface area contributed by atoms with E-state index < -0.39 is 40.1 Å². The van der Waals surface area contributed by atoms with Gasteiger partial charge in [-0.05, 0) is 20.8 Å². The Labute approximate surface area is 123 Å². The van der Waals surface area contributed by atoms with Gasteiger partial charge in [0.25, 0.3) is 5.92 Å². The highest BCUT2D eigenvalue weighted by Gasteiger charge is 2.58. The smallest absolute Gasteiger partial charge is 0.412 e. The van der Waals surface area contributed by atoms with E-state index in [-0.39, 0.29) is 0 Å². The maximum Gasteiger partial charge on any atom is 0.412 e. The first-order valence-electron chi connectivity index (χ1n) is 5.60. The number of rotatable bonds is 1. The molecule has 0 aliphatic carbocycles. The van der Waals surface area contributed by atoms with Crippen LogP contribution in [0.5, 0.6) is 0 Å². The molecule has 8 heteroatoms. The van der Waals surface area contributed by atoms with E-state index in [1.54, 1.807) is 20.8 Å². The van der Waals surface area contributed by atoms with Crippen molar-refractivity contribution in [2.75, 3.05) is 7.11 Å². The molecule has 0 saturated carbocycles. The van der Waals surface area contributed by atoms with Crippen molar-refractivity contribution in [2.24, 2.45) is 0 Å². The molecule has 1 aliphatic heterocycles. The van der Waals surface area contributed by atoms with Gasteiger partial charge >= 0.3 is 12.1 Å². The lowest BCUT2D eigenvalue weighted by Crippen LogP contribution is -2.47. The van der Waals surface area contributed by atoms with Gasteiger partial charge in [-0.15, -0.1) is 0 Å². The van der Waals surface area contributed by atoms with E-state index in [1.165, 1.54) is 22.6 Å². The monoisotopic (exact) mass is 391 g/mol. The second-order valence-electron chi connectivity index (χ2n) is 5.23. The minimum atomic E-state index is -3.16. The zero-order valence-electron chi connectivity index (χ0n) is 11.1. The van der Waals surface area contributed by atoms with Crippen LogP contribution in [0.25, 0.3) is 0 Å². The predicted octanol–water partition coefficient (Wildman–Crippen LogP) is 2.57. The molecular formula is C11H16F2INO4. The molecule has 5 nitrogen and oxygen atoms in total. The van der Waals surface area contributed by atoms with Crippen LogP contribution >= 0.6 is 22.6 Å². The van der Waals surface area contributed by atoms with Gasteiger partial charge in [-0.2, -0.15) is 0 Å². The molecule has 1 unspecified atom stereocenters. The molecule has 0 bridgehead atoms. The Kier molecular flexibility index (Phi) is 4.63. The molecule has 0 aromatic carbocycles. The van der Waals surface area contributed by atoms with E-state index in [9.17, 15) is 18.4 Å². The summed E-state index contributed by atoms with van der Waals surface area (Å²) < 4.78 is 35.4. The Morgan fingerprint density at radius 1 is 1.37 bits per heavy atom. The molecule has 0 aromatic heterocycles. The number of likely N-dealkylation sites (tertiary alicyclic amines) is 1. The summed E-state index contributed by atoms with van der Waals surface area (Å²) in [6.45, 7) is 4.86. The molecule has 1 amide bonds. The molecule has 0 N–H and O–H groups in total. The van der Waals surface area contributed by atoms with Crippen molar-refractivity contribution in [1.82, 2.24) is 4.90 Å². The van der Waals surface area contributed by atoms with Gasteiger partial charge in [0.2, 0.25) is 0 Å². The lowest BCUT2D eigenvalue weighted by molar-refractivity contribution is -0.146. The average Bonchev–Trinajstić information content (AvgIpc) is 2.47. The van der Waals surface area contributed by atoms with Crippen LogP contribution in [-0.2, 0) is 14.3 Å². The molecule has 0 aromatic rings. The first-order valence-corrected chi connectivity index (χ1v) is 6.85. The molecule has 1 aliphatic rings. The zero-order chi connectivity index (χ0) is 15.0. The normalized spacial score (nSPS) is 26.2. The fraction of sp³-hybridized carbons (Fsp3) is 0.818. The zero-order valence-corrected chi connectivity index (χ0v) is 13.2. The van der Waals surface area contributed by atoms with Crippen LogP contribution in [-0.4, -0.2) is 45.7 Å². The summed E-state index contributed by atoms with van der Waals surface area (Å²) in [5.41, 5.74) is -0.827. The van der Waals surface area contributed by atoms with Gasteiger partial charge in [0, 0.05) is 6.42 Å². The molecule has 2 atom stereocenters. The molecule has 0 radical (unpaired) electrons. The lowest BCUT2D eigenvalue weighted by atomic mass is 10.2. The largest absolute Gasteiger partial charge is 0.467 e. The Balaban J connectivity index is 2.99. The van der Waals surface area contributed by atoms with Crippen molar-refractivity contribution >= 4 is 34.7 Å². The van der Waals surface area contributed by atoms with Crippen molar-refractivity contribution in [1.29, 1.82) is 0 Å². The van der Waals surface area contributed by atoms with E-state index in [0.29, 0.717) is 0 Å². The first-order chi connectivity index (χ1) is 8.49. The summed E-state index contributed by atoms with van der Waals surface area (Å²) in [5, 5.41) is 0. The SMILES string of the molecule is COC(=O)C1CC(F)(F)[C@H](I)N1C(=O)OC(C)(C)C. The number of nitrogens with zero attached hydrogens (tertiary/aromatic N) is 1. The van der Waals surface area contributed by atoms with Crippen LogP contribution in [0.15, 0.2) is 0 Å². The number of carbonyl (C=O) groups excluding carboxylic acids is 2. The van der Waals surface area contributed by atoms with E-state index in [2.05, 4.69) is 4.74 Å². The van der Waals surface area contributed by atoms with Crippen LogP contribution in [0.1, 0.15) is 27.2 Å². The highest BCUT2D eigenvalue weighted by molar-refractivity contribution is 14.1. The third-order valence-corrected chi connectivity index (χ3v) is 3.98. The first kappa shape index (κ1) is 16.4. The van der Waals surface area contributed by atoms with Gasteiger partial charge in [-0.1, -0.05) is 22.6 Å². The number of halogens is 3. The lowest BCUT2D eigenvalue weighted by Gasteiger charge is -2.29. The maximum absolute atomic E-state index is 13.7. The summed E-state index contributed by atoms with van der Waals surface area (Å²) in [6.07, 6.45) is -1.70. The van der Waals surface area contributed by atoms with Crippen LogP contribution in [0, 0.1) is 0 Å². The van der Waals surface area contributed by atoms with Gasteiger partial charge in [-0.25, -0.2) is 18.4 Å². The topological polar surface area (TPSA) is 55.8 Å². The molecule has 110 valence electrons. The number of ether oxygens (including phenoxy) is 2. The van der Waals surface area contributed by atoms with E-state index >= 15 is 0 Å². The third kappa shape index (κ3) is 3.67. The van der Waals surface area contributed by atoms with Gasteiger partial charge in [0.15, 0.2) is 4.05 Å². The fourth-order valence-corrected chi connectivity index (χ4v) is 2.55. The Hall–Kier alpha value is -0.670. The fourth-order valence-electron chi connectivity index (χ4n) is 1.68. The van der Waals surface area contributed by atoms with Gasteiger partial charge in [0.1, 0.15) is 11.6 Å². The summed E-state index contributed by atoms with van der Waals surface area (Å²) >= 11 is 1.44. The van der Waals surface area contributed by atoms with E-state index in [1.807, 2.05) is 0 Å². The number of carbonyl (C=O) groups is 2. The van der Waals surface area contributed by atoms with E-state index in [0.717, 1.165) is 12.0 Å². The van der Waals surface area contributed by atoms with E-state index in [4.69, 9.17) is 4.74 Å². The number of esters is 1. The number of amides is 1. The summed E-state index contributed by atoms with van der Waals surface area (Å²) in [4.78, 5) is 24.2. The van der Waals surface area contributed by atoms with Crippen LogP contribution in [0.3, 0.4) is 0 Å². The van der Waals surface area contributed by atoms with Crippen molar-refractivity contribution in [2.45, 2.75) is 48.8 Å².